The zero-order valence-corrected chi connectivity index (χ0v) is 12.6. The van der Waals surface area contributed by atoms with Crippen LogP contribution >= 0.6 is 11.3 Å². The van der Waals surface area contributed by atoms with E-state index in [4.69, 9.17) is 0 Å². The van der Waals surface area contributed by atoms with Gasteiger partial charge in [0.1, 0.15) is 0 Å². The van der Waals surface area contributed by atoms with Crippen LogP contribution < -0.4 is 10.2 Å². The molecule has 0 aliphatic rings. The molecule has 0 spiro atoms. The van der Waals surface area contributed by atoms with Crippen LogP contribution in [0.4, 0.5) is 10.8 Å². The molecule has 1 aromatic heterocycles. The summed E-state index contributed by atoms with van der Waals surface area (Å²) in [5, 5.41) is 4.54. The van der Waals surface area contributed by atoms with Gasteiger partial charge in [-0.2, -0.15) is 0 Å². The van der Waals surface area contributed by atoms with Gasteiger partial charge in [-0.3, -0.25) is 0 Å². The molecule has 2 aromatic rings. The van der Waals surface area contributed by atoms with E-state index < -0.39 is 0 Å². The average molecular weight is 275 g/mol. The van der Waals surface area contributed by atoms with Gasteiger partial charge in [0, 0.05) is 29.9 Å². The highest BCUT2D eigenvalue weighted by atomic mass is 32.1. The van der Waals surface area contributed by atoms with Crippen LogP contribution in [-0.2, 0) is 6.54 Å². The lowest BCUT2D eigenvalue weighted by Gasteiger charge is -2.16. The van der Waals surface area contributed by atoms with Gasteiger partial charge in [0.15, 0.2) is 5.13 Å². The van der Waals surface area contributed by atoms with Crippen LogP contribution in [0.15, 0.2) is 30.5 Å². The van der Waals surface area contributed by atoms with Gasteiger partial charge in [-0.05, 0) is 32.9 Å². The molecule has 0 aliphatic carbocycles. The van der Waals surface area contributed by atoms with Gasteiger partial charge in [-0.15, -0.1) is 11.3 Å². The van der Waals surface area contributed by atoms with Crippen LogP contribution in [0, 0.1) is 6.92 Å². The number of hydrogen-bond acceptors (Lipinski definition) is 4. The van der Waals surface area contributed by atoms with Crippen LogP contribution in [0.3, 0.4) is 0 Å². The van der Waals surface area contributed by atoms with Gasteiger partial charge in [-0.25, -0.2) is 4.98 Å². The van der Waals surface area contributed by atoms with Crippen LogP contribution in [-0.4, -0.2) is 18.1 Å². The molecule has 0 amide bonds. The summed E-state index contributed by atoms with van der Waals surface area (Å²) in [6, 6.07) is 8.47. The van der Waals surface area contributed by atoms with Gasteiger partial charge in [0.2, 0.25) is 0 Å². The topological polar surface area (TPSA) is 28.2 Å². The van der Waals surface area contributed by atoms with Crippen LogP contribution in [0.5, 0.6) is 0 Å². The minimum atomic E-state index is 0.835. The van der Waals surface area contributed by atoms with Crippen molar-refractivity contribution in [3.05, 3.63) is 40.9 Å². The van der Waals surface area contributed by atoms with Crippen molar-refractivity contribution >= 4 is 22.2 Å². The smallest absolute Gasteiger partial charge is 0.185 e. The molecule has 1 N–H and O–H groups in total. The average Bonchev–Trinajstić information content (AvgIpc) is 2.88. The number of aryl methyl sites for hydroxylation is 1. The monoisotopic (exact) mass is 275 g/mol. The Bertz CT molecular complexity index is 500. The predicted molar refractivity (Wildman–Crippen MR) is 84.2 cm³/mol. The van der Waals surface area contributed by atoms with Crippen molar-refractivity contribution in [1.82, 2.24) is 4.98 Å². The molecule has 0 radical (unpaired) electrons. The van der Waals surface area contributed by atoms with Crippen LogP contribution in [0.1, 0.15) is 24.3 Å². The lowest BCUT2D eigenvalue weighted by atomic mass is 10.2. The molecule has 1 heterocycles. The first-order valence-electron chi connectivity index (χ1n) is 6.73. The maximum atomic E-state index is 4.49. The van der Waals surface area contributed by atoms with Crippen molar-refractivity contribution in [3.8, 4) is 0 Å². The number of aromatic nitrogens is 1. The Labute approximate surface area is 119 Å². The Morgan fingerprint density at radius 1 is 1.16 bits per heavy atom. The summed E-state index contributed by atoms with van der Waals surface area (Å²) in [7, 11) is 0. The Hall–Kier alpha value is -1.55. The first-order valence-corrected chi connectivity index (χ1v) is 7.54. The zero-order chi connectivity index (χ0) is 13.7. The van der Waals surface area contributed by atoms with E-state index in [0.29, 0.717) is 0 Å². The Morgan fingerprint density at radius 2 is 1.84 bits per heavy atom. The highest BCUT2D eigenvalue weighted by Gasteiger charge is 2.07. The Morgan fingerprint density at radius 3 is 2.47 bits per heavy atom. The Balaban J connectivity index is 1.95. The molecule has 102 valence electrons. The standard InChI is InChI=1S/C15H21N3S/c1-4-18(5-2)15-17-11-14(19-15)10-16-13-8-6-12(3)7-9-13/h6-9,11,16H,4-5,10H2,1-3H3. The summed E-state index contributed by atoms with van der Waals surface area (Å²) < 4.78 is 0. The summed E-state index contributed by atoms with van der Waals surface area (Å²) in [4.78, 5) is 8.03. The molecule has 0 aliphatic heterocycles. The maximum absolute atomic E-state index is 4.49. The molecule has 1 aromatic carbocycles. The molecule has 4 heteroatoms. The molecule has 2 rings (SSSR count). The molecule has 0 atom stereocenters. The SMILES string of the molecule is CCN(CC)c1ncc(CNc2ccc(C)cc2)s1. The second-order valence-electron chi connectivity index (χ2n) is 4.50. The molecular formula is C15H21N3S. The minimum Gasteiger partial charge on any atom is -0.380 e. The molecule has 0 saturated heterocycles. The van der Waals surface area contributed by atoms with Crippen LogP contribution in [0.2, 0.25) is 0 Å². The van der Waals surface area contributed by atoms with Crippen molar-refractivity contribution in [1.29, 1.82) is 0 Å². The number of benzene rings is 1. The number of nitrogens with zero attached hydrogens (tertiary/aromatic N) is 2. The summed E-state index contributed by atoms with van der Waals surface area (Å²) >= 11 is 1.76. The lowest BCUT2D eigenvalue weighted by molar-refractivity contribution is 0.860. The quantitative estimate of drug-likeness (QED) is 0.866. The second kappa shape index (κ2) is 6.57. The van der Waals surface area contributed by atoms with Crippen molar-refractivity contribution in [3.63, 3.8) is 0 Å². The van der Waals surface area contributed by atoms with E-state index in [1.807, 2.05) is 6.20 Å². The summed E-state index contributed by atoms with van der Waals surface area (Å²) in [5.41, 5.74) is 2.44. The highest BCUT2D eigenvalue weighted by molar-refractivity contribution is 7.15. The van der Waals surface area contributed by atoms with Crippen LogP contribution in [0.25, 0.3) is 0 Å². The van der Waals surface area contributed by atoms with Gasteiger partial charge < -0.3 is 10.2 Å². The third-order valence-electron chi connectivity index (χ3n) is 3.09. The van der Waals surface area contributed by atoms with Crippen molar-refractivity contribution in [2.75, 3.05) is 23.3 Å². The molecule has 0 fully saturated rings. The van der Waals surface area contributed by atoms with Gasteiger partial charge in [0.05, 0.1) is 6.54 Å². The van der Waals surface area contributed by atoms with E-state index in [-0.39, 0.29) is 0 Å². The molecule has 19 heavy (non-hydrogen) atoms. The predicted octanol–water partition coefficient (Wildman–Crippen LogP) is 3.91. The van der Waals surface area contributed by atoms with E-state index in [2.05, 4.69) is 60.2 Å². The number of anilines is 2. The summed E-state index contributed by atoms with van der Waals surface area (Å²) in [6.45, 7) is 9.28. The minimum absolute atomic E-state index is 0.835. The third kappa shape index (κ3) is 3.70. The highest BCUT2D eigenvalue weighted by Crippen LogP contribution is 2.23. The van der Waals surface area contributed by atoms with E-state index in [9.17, 15) is 0 Å². The van der Waals surface area contributed by atoms with E-state index in [1.54, 1.807) is 11.3 Å². The number of nitrogens with one attached hydrogen (secondary N) is 1. The first-order chi connectivity index (χ1) is 9.22. The molecule has 0 saturated carbocycles. The fourth-order valence-electron chi connectivity index (χ4n) is 1.88. The second-order valence-corrected chi connectivity index (χ2v) is 5.59. The molecule has 0 bridgehead atoms. The fourth-order valence-corrected chi connectivity index (χ4v) is 2.86. The van der Waals surface area contributed by atoms with Gasteiger partial charge in [0.25, 0.3) is 0 Å². The van der Waals surface area contributed by atoms with Gasteiger partial charge in [-0.1, -0.05) is 17.7 Å². The molecular weight excluding hydrogens is 254 g/mol. The van der Waals surface area contributed by atoms with Crippen molar-refractivity contribution in [2.45, 2.75) is 27.3 Å². The summed E-state index contributed by atoms with van der Waals surface area (Å²) in [6.07, 6.45) is 1.97. The molecule has 3 nitrogen and oxygen atoms in total. The fraction of sp³-hybridized carbons (Fsp3) is 0.400. The van der Waals surface area contributed by atoms with E-state index in [1.165, 1.54) is 10.4 Å². The third-order valence-corrected chi connectivity index (χ3v) is 4.15. The zero-order valence-electron chi connectivity index (χ0n) is 11.8. The Kier molecular flexibility index (Phi) is 4.80. The van der Waals surface area contributed by atoms with E-state index >= 15 is 0 Å². The van der Waals surface area contributed by atoms with Gasteiger partial charge >= 0.3 is 0 Å². The largest absolute Gasteiger partial charge is 0.380 e. The van der Waals surface area contributed by atoms with Crippen molar-refractivity contribution < 1.29 is 0 Å². The lowest BCUT2D eigenvalue weighted by Crippen LogP contribution is -2.21. The number of rotatable bonds is 6. The normalized spacial score (nSPS) is 10.5. The van der Waals surface area contributed by atoms with Crippen molar-refractivity contribution in [2.24, 2.45) is 0 Å². The molecule has 0 unspecified atom stereocenters. The maximum Gasteiger partial charge on any atom is 0.185 e. The first kappa shape index (κ1) is 13.9. The summed E-state index contributed by atoms with van der Waals surface area (Å²) in [5.74, 6) is 0. The number of hydrogen-bond donors (Lipinski definition) is 1. The number of thiazole rings is 1. The van der Waals surface area contributed by atoms with E-state index in [0.717, 1.165) is 30.5 Å².